The van der Waals surface area contributed by atoms with Crippen molar-refractivity contribution in [2.24, 2.45) is 0 Å². The van der Waals surface area contributed by atoms with Gasteiger partial charge in [-0.25, -0.2) is 4.39 Å². The van der Waals surface area contributed by atoms with Gasteiger partial charge >= 0.3 is 0 Å². The van der Waals surface area contributed by atoms with Crippen LogP contribution >= 0.6 is 0 Å². The van der Waals surface area contributed by atoms with Gasteiger partial charge in [-0.2, -0.15) is 0 Å². The summed E-state index contributed by atoms with van der Waals surface area (Å²) in [5.74, 6) is 0.0718. The summed E-state index contributed by atoms with van der Waals surface area (Å²) in [5.41, 5.74) is 20.5. The topological polar surface area (TPSA) is 0 Å². The predicted octanol–water partition coefficient (Wildman–Crippen LogP) is 14.9. The number of halogens is 1. The third-order valence-corrected chi connectivity index (χ3v) is 12.9. The molecule has 0 N–H and O–H groups in total. The summed E-state index contributed by atoms with van der Waals surface area (Å²) < 4.78 is 14.3. The molecular weight excluding hydrogens is 716 g/mol. The number of rotatable bonds is 6. The van der Waals surface area contributed by atoms with Gasteiger partial charge in [-0.05, 0) is 138 Å². The van der Waals surface area contributed by atoms with E-state index in [0.29, 0.717) is 5.92 Å². The monoisotopic (exact) mass is 756 g/mol. The molecule has 0 amide bonds. The molecule has 0 spiro atoms. The molecule has 2 aliphatic rings. The van der Waals surface area contributed by atoms with Crippen LogP contribution in [0.2, 0.25) is 0 Å². The summed E-state index contributed by atoms with van der Waals surface area (Å²) >= 11 is 0. The van der Waals surface area contributed by atoms with E-state index in [9.17, 15) is 4.39 Å². The van der Waals surface area contributed by atoms with Gasteiger partial charge in [0.25, 0.3) is 0 Å². The fraction of sp³-hybridized carbons (Fsp3) is 0.0690. The third-order valence-electron chi connectivity index (χ3n) is 12.9. The van der Waals surface area contributed by atoms with Crippen molar-refractivity contribution < 1.29 is 4.39 Å². The Kier molecular flexibility index (Phi) is 8.56. The van der Waals surface area contributed by atoms with Gasteiger partial charge in [0.1, 0.15) is 5.82 Å². The number of hydrogen-bond acceptors (Lipinski definition) is 0. The van der Waals surface area contributed by atoms with Crippen LogP contribution in [0.25, 0.3) is 55.6 Å². The molecule has 0 aromatic heterocycles. The largest absolute Gasteiger partial charge is 0.207 e. The molecule has 0 fully saturated rings. The molecule has 59 heavy (non-hydrogen) atoms. The Morgan fingerprint density at radius 3 is 1.68 bits per heavy atom. The molecule has 280 valence electrons. The summed E-state index contributed by atoms with van der Waals surface area (Å²) in [6.07, 6.45) is 2.06. The second kappa shape index (κ2) is 14.4. The van der Waals surface area contributed by atoms with Gasteiger partial charge in [0.05, 0.1) is 5.41 Å². The maximum absolute atomic E-state index is 14.3. The van der Waals surface area contributed by atoms with Crippen molar-refractivity contribution in [3.8, 4) is 55.6 Å². The zero-order valence-electron chi connectivity index (χ0n) is 32.7. The molecule has 0 saturated carbocycles. The van der Waals surface area contributed by atoms with Gasteiger partial charge < -0.3 is 0 Å². The molecule has 0 radical (unpaired) electrons. The standard InChI is InChI=1S/C58H41F/c59-48-31-26-41(27-32-48)50-22-13-23-55-57(50)52-35-30-45(38-56(52)58(55,46-18-9-3-10-19-46)47-20-11-4-12-21-47)44-25-24-42-28-33-49(40-16-7-2-8-17-40)51-34-29-43(37-54(51)53(42)36-44)39-14-5-1-6-15-39/h1-27,29-32,34-38,49H,28,33H2. The van der Waals surface area contributed by atoms with E-state index in [1.807, 2.05) is 12.1 Å². The summed E-state index contributed by atoms with van der Waals surface area (Å²) in [6.45, 7) is 0. The van der Waals surface area contributed by atoms with Crippen LogP contribution in [0.5, 0.6) is 0 Å². The Hall–Kier alpha value is -7.09. The van der Waals surface area contributed by atoms with Gasteiger partial charge in [0.2, 0.25) is 0 Å². The van der Waals surface area contributed by atoms with Gasteiger partial charge in [0.15, 0.2) is 0 Å². The lowest BCUT2D eigenvalue weighted by molar-refractivity contribution is 0.628. The van der Waals surface area contributed by atoms with Crippen molar-refractivity contribution in [2.75, 3.05) is 0 Å². The van der Waals surface area contributed by atoms with Crippen LogP contribution in [-0.2, 0) is 11.8 Å². The Morgan fingerprint density at radius 1 is 0.390 bits per heavy atom. The fourth-order valence-corrected chi connectivity index (χ4v) is 10.2. The number of aryl methyl sites for hydroxylation is 1. The highest BCUT2D eigenvalue weighted by Crippen LogP contribution is 2.59. The molecule has 0 aliphatic heterocycles. The molecule has 0 bridgehead atoms. The highest BCUT2D eigenvalue weighted by molar-refractivity contribution is 5.96. The SMILES string of the molecule is Fc1ccc(-c2cccc3c2-c2ccc(-c4ccc5c(c4)-c4cc(-c6ccccc6)ccc4C(c4ccccc4)CC5)cc2C3(c2ccccc2)c2ccccc2)cc1. The minimum absolute atomic E-state index is 0.232. The van der Waals surface area contributed by atoms with E-state index in [1.54, 1.807) is 12.1 Å². The maximum atomic E-state index is 14.3. The lowest BCUT2D eigenvalue weighted by Gasteiger charge is -2.34. The van der Waals surface area contributed by atoms with Crippen molar-refractivity contribution >= 4 is 0 Å². The number of hydrogen-bond donors (Lipinski definition) is 0. The van der Waals surface area contributed by atoms with E-state index in [0.717, 1.165) is 24.0 Å². The zero-order chi connectivity index (χ0) is 39.3. The van der Waals surface area contributed by atoms with Crippen LogP contribution in [-0.4, -0.2) is 0 Å². The normalized spacial score (nSPS) is 14.7. The summed E-state index contributed by atoms with van der Waals surface area (Å²) in [6, 6.07) is 78.7. The molecule has 9 aromatic rings. The average molecular weight is 757 g/mol. The second-order valence-electron chi connectivity index (χ2n) is 16.0. The Morgan fingerprint density at radius 2 is 0.966 bits per heavy atom. The van der Waals surface area contributed by atoms with E-state index in [4.69, 9.17) is 0 Å². The quantitative estimate of drug-likeness (QED) is 0.158. The molecular formula is C58H41F. The fourth-order valence-electron chi connectivity index (χ4n) is 10.2. The lowest BCUT2D eigenvalue weighted by Crippen LogP contribution is -2.28. The summed E-state index contributed by atoms with van der Waals surface area (Å²) in [7, 11) is 0. The van der Waals surface area contributed by atoms with Crippen LogP contribution in [0.1, 0.15) is 51.3 Å². The highest BCUT2D eigenvalue weighted by atomic mass is 19.1. The zero-order valence-corrected chi connectivity index (χ0v) is 32.7. The van der Waals surface area contributed by atoms with Crippen molar-refractivity contribution in [3.05, 3.63) is 263 Å². The number of benzene rings is 9. The molecule has 0 heterocycles. The van der Waals surface area contributed by atoms with Crippen LogP contribution in [0, 0.1) is 5.82 Å². The van der Waals surface area contributed by atoms with Crippen LogP contribution < -0.4 is 0 Å². The van der Waals surface area contributed by atoms with E-state index < -0.39 is 5.41 Å². The van der Waals surface area contributed by atoms with Gasteiger partial charge in [0, 0.05) is 5.92 Å². The van der Waals surface area contributed by atoms with Crippen LogP contribution in [0.3, 0.4) is 0 Å². The van der Waals surface area contributed by atoms with Crippen molar-refractivity contribution in [3.63, 3.8) is 0 Å². The highest BCUT2D eigenvalue weighted by Gasteiger charge is 2.47. The average Bonchev–Trinajstić information content (AvgIpc) is 3.51. The second-order valence-corrected chi connectivity index (χ2v) is 16.0. The van der Waals surface area contributed by atoms with Crippen molar-refractivity contribution in [1.29, 1.82) is 0 Å². The lowest BCUT2D eigenvalue weighted by atomic mass is 9.67. The van der Waals surface area contributed by atoms with E-state index in [-0.39, 0.29) is 5.82 Å². The first-order valence-corrected chi connectivity index (χ1v) is 20.7. The van der Waals surface area contributed by atoms with E-state index >= 15 is 0 Å². The first kappa shape index (κ1) is 35.1. The summed E-state index contributed by atoms with van der Waals surface area (Å²) in [5, 5.41) is 0. The van der Waals surface area contributed by atoms with Gasteiger partial charge in [-0.1, -0.05) is 188 Å². The maximum Gasteiger partial charge on any atom is 0.123 e. The Labute approximate surface area is 346 Å². The summed E-state index contributed by atoms with van der Waals surface area (Å²) in [4.78, 5) is 0. The van der Waals surface area contributed by atoms with E-state index in [1.165, 1.54) is 83.5 Å². The minimum atomic E-state index is -0.578. The molecule has 9 aromatic carbocycles. The predicted molar refractivity (Wildman–Crippen MR) is 242 cm³/mol. The molecule has 11 rings (SSSR count). The van der Waals surface area contributed by atoms with E-state index in [2.05, 4.69) is 194 Å². The van der Waals surface area contributed by atoms with Gasteiger partial charge in [-0.15, -0.1) is 0 Å². The molecule has 1 atom stereocenters. The molecule has 0 nitrogen and oxygen atoms in total. The molecule has 1 unspecified atom stereocenters. The minimum Gasteiger partial charge on any atom is -0.207 e. The Balaban J connectivity index is 1.14. The van der Waals surface area contributed by atoms with Gasteiger partial charge in [-0.3, -0.25) is 0 Å². The molecule has 0 saturated heterocycles. The number of fused-ring (bicyclic) bond motifs is 6. The third kappa shape index (κ3) is 5.80. The Bertz CT molecular complexity index is 2930. The van der Waals surface area contributed by atoms with Crippen LogP contribution in [0.4, 0.5) is 4.39 Å². The molecule has 2 aliphatic carbocycles. The van der Waals surface area contributed by atoms with Crippen LogP contribution in [0.15, 0.2) is 218 Å². The van der Waals surface area contributed by atoms with Crippen molar-refractivity contribution in [1.82, 2.24) is 0 Å². The first-order valence-electron chi connectivity index (χ1n) is 20.7. The first-order chi connectivity index (χ1) is 29.2. The molecule has 1 heteroatoms. The smallest absolute Gasteiger partial charge is 0.123 e. The van der Waals surface area contributed by atoms with Crippen molar-refractivity contribution in [2.45, 2.75) is 24.2 Å².